The van der Waals surface area contributed by atoms with E-state index in [9.17, 15) is 14.7 Å². The molecule has 3 heterocycles. The number of carbonyl (C=O) groups excluding carboxylic acids is 2. The number of hydrogen-bond acceptors (Lipinski definition) is 5. The Morgan fingerprint density at radius 1 is 1.06 bits per heavy atom. The zero-order chi connectivity index (χ0) is 22.2. The highest BCUT2D eigenvalue weighted by atomic mass is 16.3. The van der Waals surface area contributed by atoms with Crippen molar-refractivity contribution in [2.75, 3.05) is 0 Å². The van der Waals surface area contributed by atoms with Gasteiger partial charge in [-0.2, -0.15) is 0 Å². The van der Waals surface area contributed by atoms with E-state index >= 15 is 0 Å². The van der Waals surface area contributed by atoms with Gasteiger partial charge >= 0.3 is 0 Å². The molecule has 6 heteroatoms. The number of furan rings is 1. The molecule has 1 aliphatic rings. The van der Waals surface area contributed by atoms with E-state index in [0.717, 1.165) is 11.1 Å². The molecule has 1 N–H and O–H groups in total. The maximum atomic E-state index is 13.0. The first kappa shape index (κ1) is 20.6. The fourth-order valence-corrected chi connectivity index (χ4v) is 3.79. The number of likely N-dealkylation sites (tertiary alicyclic amines) is 1. The second kappa shape index (κ2) is 7.87. The predicted octanol–water partition coefficient (Wildman–Crippen LogP) is 4.59. The van der Waals surface area contributed by atoms with E-state index in [1.54, 1.807) is 24.3 Å². The number of benzene rings is 1. The highest BCUT2D eigenvalue weighted by molar-refractivity contribution is 6.46. The van der Waals surface area contributed by atoms with Gasteiger partial charge in [-0.3, -0.25) is 14.6 Å². The summed E-state index contributed by atoms with van der Waals surface area (Å²) < 4.78 is 5.42. The molecule has 2 aromatic heterocycles. The molecule has 31 heavy (non-hydrogen) atoms. The summed E-state index contributed by atoms with van der Waals surface area (Å²) in [4.78, 5) is 31.4. The summed E-state index contributed by atoms with van der Waals surface area (Å²) in [6.45, 7) is 6.48. The van der Waals surface area contributed by atoms with Gasteiger partial charge in [0.05, 0.1) is 24.4 Å². The smallest absolute Gasteiger partial charge is 0.296 e. The Hall–Kier alpha value is -3.67. The molecule has 0 radical (unpaired) electrons. The molecule has 1 atom stereocenters. The summed E-state index contributed by atoms with van der Waals surface area (Å²) in [6.07, 6.45) is 4.58. The summed E-state index contributed by atoms with van der Waals surface area (Å²) in [5.41, 5.74) is 2.34. The number of nitrogens with zero attached hydrogens (tertiary/aromatic N) is 2. The van der Waals surface area contributed by atoms with E-state index in [1.165, 1.54) is 23.6 Å². The minimum absolute atomic E-state index is 0.0362. The Balaban J connectivity index is 1.85. The number of aromatic nitrogens is 1. The SMILES string of the molecule is CC(C)(C)c1ccc(C2C(=C(O)c3ccncc3)C(=O)C(=O)N2Cc2ccco2)cc1. The van der Waals surface area contributed by atoms with E-state index in [0.29, 0.717) is 11.3 Å². The summed E-state index contributed by atoms with van der Waals surface area (Å²) in [5.74, 6) is -1.04. The van der Waals surface area contributed by atoms with Gasteiger partial charge in [0.2, 0.25) is 0 Å². The Morgan fingerprint density at radius 3 is 2.32 bits per heavy atom. The molecule has 1 aliphatic heterocycles. The van der Waals surface area contributed by atoms with Crippen LogP contribution in [0.3, 0.4) is 0 Å². The minimum atomic E-state index is -0.729. The molecule has 1 aromatic carbocycles. The van der Waals surface area contributed by atoms with Crippen molar-refractivity contribution in [2.45, 2.75) is 38.8 Å². The topological polar surface area (TPSA) is 83.6 Å². The van der Waals surface area contributed by atoms with Crippen molar-refractivity contribution >= 4 is 17.4 Å². The maximum absolute atomic E-state index is 13.0. The van der Waals surface area contributed by atoms with Crippen LogP contribution in [0, 0.1) is 0 Å². The summed E-state index contributed by atoms with van der Waals surface area (Å²) >= 11 is 0. The number of rotatable bonds is 4. The summed E-state index contributed by atoms with van der Waals surface area (Å²) in [6, 6.07) is 13.8. The molecule has 0 saturated carbocycles. The van der Waals surface area contributed by atoms with E-state index < -0.39 is 17.7 Å². The van der Waals surface area contributed by atoms with Crippen LogP contribution in [-0.2, 0) is 21.5 Å². The van der Waals surface area contributed by atoms with E-state index in [-0.39, 0.29) is 23.3 Å². The molecule has 0 aliphatic carbocycles. The quantitative estimate of drug-likeness (QED) is 0.382. The molecule has 6 nitrogen and oxygen atoms in total. The van der Waals surface area contributed by atoms with Crippen LogP contribution < -0.4 is 0 Å². The summed E-state index contributed by atoms with van der Waals surface area (Å²) in [7, 11) is 0. The number of pyridine rings is 1. The first-order valence-corrected chi connectivity index (χ1v) is 10.1. The number of aliphatic hydroxyl groups is 1. The van der Waals surface area contributed by atoms with Crippen LogP contribution in [0.2, 0.25) is 0 Å². The Labute approximate surface area is 180 Å². The normalized spacial score (nSPS) is 18.5. The van der Waals surface area contributed by atoms with Crippen molar-refractivity contribution in [3.8, 4) is 0 Å². The molecule has 0 bridgehead atoms. The van der Waals surface area contributed by atoms with Gasteiger partial charge in [0.1, 0.15) is 11.5 Å². The highest BCUT2D eigenvalue weighted by Gasteiger charge is 2.46. The molecule has 1 saturated heterocycles. The van der Waals surface area contributed by atoms with Crippen molar-refractivity contribution in [3.63, 3.8) is 0 Å². The van der Waals surface area contributed by atoms with Crippen molar-refractivity contribution in [3.05, 3.63) is 95.2 Å². The van der Waals surface area contributed by atoms with E-state index in [2.05, 4.69) is 25.8 Å². The lowest BCUT2D eigenvalue weighted by molar-refractivity contribution is -0.140. The number of hydrogen-bond donors (Lipinski definition) is 1. The lowest BCUT2D eigenvalue weighted by Gasteiger charge is -2.26. The first-order valence-electron chi connectivity index (χ1n) is 10.1. The van der Waals surface area contributed by atoms with Gasteiger partial charge in [-0.1, -0.05) is 45.0 Å². The second-order valence-corrected chi connectivity index (χ2v) is 8.61. The Morgan fingerprint density at radius 2 is 1.74 bits per heavy atom. The van der Waals surface area contributed by atoms with Crippen LogP contribution in [0.5, 0.6) is 0 Å². The largest absolute Gasteiger partial charge is 0.507 e. The van der Waals surface area contributed by atoms with Gasteiger partial charge in [0.25, 0.3) is 11.7 Å². The molecule has 158 valence electrons. The van der Waals surface area contributed by atoms with Crippen LogP contribution in [0.1, 0.15) is 49.3 Å². The maximum Gasteiger partial charge on any atom is 0.296 e. The molecule has 1 fully saturated rings. The van der Waals surface area contributed by atoms with Crippen LogP contribution in [0.4, 0.5) is 0 Å². The number of ketones is 1. The van der Waals surface area contributed by atoms with Crippen LogP contribution in [0.15, 0.2) is 77.2 Å². The molecular weight excluding hydrogens is 392 g/mol. The standard InChI is InChI=1S/C25H24N2O4/c1-25(2,3)18-8-6-16(7-9-18)21-20(22(28)17-10-12-26-13-11-17)23(29)24(30)27(21)15-19-5-4-14-31-19/h4-14,21,28H,15H2,1-3H3. The molecule has 4 rings (SSSR count). The highest BCUT2D eigenvalue weighted by Crippen LogP contribution is 2.40. The number of Topliss-reactive ketones (excluding diaryl/α,β-unsaturated/α-hetero) is 1. The van der Waals surface area contributed by atoms with E-state index in [4.69, 9.17) is 4.42 Å². The van der Waals surface area contributed by atoms with Crippen molar-refractivity contribution < 1.29 is 19.1 Å². The monoisotopic (exact) mass is 416 g/mol. The van der Waals surface area contributed by atoms with Gasteiger partial charge in [0.15, 0.2) is 0 Å². The molecule has 1 unspecified atom stereocenters. The van der Waals surface area contributed by atoms with Gasteiger partial charge in [0, 0.05) is 18.0 Å². The van der Waals surface area contributed by atoms with Gasteiger partial charge in [-0.05, 0) is 40.8 Å². The first-order chi connectivity index (χ1) is 14.8. The van der Waals surface area contributed by atoms with Crippen molar-refractivity contribution in [1.82, 2.24) is 9.88 Å². The zero-order valence-corrected chi connectivity index (χ0v) is 17.7. The van der Waals surface area contributed by atoms with E-state index in [1.807, 2.05) is 24.3 Å². The predicted molar refractivity (Wildman–Crippen MR) is 116 cm³/mol. The number of aliphatic hydroxyl groups excluding tert-OH is 1. The van der Waals surface area contributed by atoms with Crippen LogP contribution in [0.25, 0.3) is 5.76 Å². The third-order valence-electron chi connectivity index (χ3n) is 5.49. The average molecular weight is 416 g/mol. The lowest BCUT2D eigenvalue weighted by Crippen LogP contribution is -2.29. The minimum Gasteiger partial charge on any atom is -0.507 e. The van der Waals surface area contributed by atoms with Crippen molar-refractivity contribution in [1.29, 1.82) is 0 Å². The number of amides is 1. The Bertz CT molecular complexity index is 1120. The lowest BCUT2D eigenvalue weighted by atomic mass is 9.85. The van der Waals surface area contributed by atoms with Crippen molar-refractivity contribution in [2.24, 2.45) is 0 Å². The second-order valence-electron chi connectivity index (χ2n) is 8.61. The van der Waals surface area contributed by atoms with Crippen LogP contribution >= 0.6 is 0 Å². The van der Waals surface area contributed by atoms with Gasteiger partial charge < -0.3 is 14.4 Å². The van der Waals surface area contributed by atoms with Gasteiger partial charge in [-0.25, -0.2) is 0 Å². The fourth-order valence-electron chi connectivity index (χ4n) is 3.79. The number of carbonyl (C=O) groups is 2. The molecular formula is C25H24N2O4. The molecule has 3 aromatic rings. The molecule has 0 spiro atoms. The summed E-state index contributed by atoms with van der Waals surface area (Å²) in [5, 5.41) is 11.0. The van der Waals surface area contributed by atoms with Crippen LogP contribution in [-0.4, -0.2) is 26.7 Å². The Kier molecular flexibility index (Phi) is 5.23. The average Bonchev–Trinajstić information content (AvgIpc) is 3.36. The third kappa shape index (κ3) is 3.89. The molecule has 1 amide bonds. The fraction of sp³-hybridized carbons (Fsp3) is 0.240. The zero-order valence-electron chi connectivity index (χ0n) is 17.7. The van der Waals surface area contributed by atoms with Gasteiger partial charge in [-0.15, -0.1) is 0 Å². The third-order valence-corrected chi connectivity index (χ3v) is 5.49.